The van der Waals surface area contributed by atoms with Crippen LogP contribution in [0.5, 0.6) is 0 Å². The number of anilines is 1. The molecule has 2 aromatic rings. The quantitative estimate of drug-likeness (QED) is 0.656. The van der Waals surface area contributed by atoms with E-state index in [1.165, 1.54) is 0 Å². The van der Waals surface area contributed by atoms with Crippen LogP contribution in [-0.2, 0) is 16.2 Å². The van der Waals surface area contributed by atoms with Gasteiger partial charge in [-0.15, -0.1) is 0 Å². The van der Waals surface area contributed by atoms with Gasteiger partial charge in [0.1, 0.15) is 6.61 Å². The van der Waals surface area contributed by atoms with Gasteiger partial charge in [0.15, 0.2) is 0 Å². The summed E-state index contributed by atoms with van der Waals surface area (Å²) in [6.45, 7) is 0.695. The zero-order valence-electron chi connectivity index (χ0n) is 13.3. The molecule has 0 saturated carbocycles. The van der Waals surface area contributed by atoms with Gasteiger partial charge in [0, 0.05) is 18.3 Å². The summed E-state index contributed by atoms with van der Waals surface area (Å²) in [6.07, 6.45) is 1.22. The summed E-state index contributed by atoms with van der Waals surface area (Å²) in [7, 11) is 0. The maximum atomic E-state index is 12.5. The number of carbonyl (C=O) groups excluding carboxylic acids is 1. The second-order valence-corrected chi connectivity index (χ2v) is 5.74. The van der Waals surface area contributed by atoms with Crippen LogP contribution in [-0.4, -0.2) is 29.9 Å². The molecule has 5 heteroatoms. The van der Waals surface area contributed by atoms with Crippen LogP contribution in [0.15, 0.2) is 65.8 Å². The Hall–Kier alpha value is -2.66. The molecule has 5 nitrogen and oxygen atoms in total. The van der Waals surface area contributed by atoms with Crippen molar-refractivity contribution in [3.63, 3.8) is 0 Å². The van der Waals surface area contributed by atoms with Crippen LogP contribution in [0.3, 0.4) is 0 Å². The highest BCUT2D eigenvalue weighted by atomic mass is 16.6. The summed E-state index contributed by atoms with van der Waals surface area (Å²) in [5.41, 5.74) is 1.84. The zero-order chi connectivity index (χ0) is 16.8. The van der Waals surface area contributed by atoms with Crippen molar-refractivity contribution < 1.29 is 14.7 Å². The first-order chi connectivity index (χ1) is 11.8. The normalized spacial score (nSPS) is 20.7. The highest BCUT2D eigenvalue weighted by Crippen LogP contribution is 2.26. The van der Waals surface area contributed by atoms with Gasteiger partial charge in [0.25, 0.3) is 0 Å². The van der Waals surface area contributed by atoms with Gasteiger partial charge in [0.2, 0.25) is 5.91 Å². The van der Waals surface area contributed by atoms with Crippen LogP contribution < -0.4 is 4.90 Å². The molecule has 2 aromatic carbocycles. The summed E-state index contributed by atoms with van der Waals surface area (Å²) in [4.78, 5) is 19.3. The van der Waals surface area contributed by atoms with Gasteiger partial charge < -0.3 is 14.8 Å². The van der Waals surface area contributed by atoms with Gasteiger partial charge in [-0.1, -0.05) is 53.7 Å². The number of hydrogen-bond donors (Lipinski definition) is 1. The number of aliphatic hydroxyl groups is 1. The molecule has 1 heterocycles. The fourth-order valence-electron chi connectivity index (χ4n) is 2.76. The Morgan fingerprint density at radius 1 is 1.12 bits per heavy atom. The number of β-amino-alcohol motifs (C(OH)–C–C–N with tert-alkyl or cyclic N) is 1. The first-order valence-electron chi connectivity index (χ1n) is 7.98. The number of para-hydroxylation sites is 1. The first-order valence-corrected chi connectivity index (χ1v) is 7.98. The number of amides is 1. The lowest BCUT2D eigenvalue weighted by atomic mass is 10.0. The SMILES string of the molecule is O=C1C(CC=NOCc2ccccc2)C(O)CN1c1ccccc1. The Morgan fingerprint density at radius 3 is 2.50 bits per heavy atom. The molecule has 124 valence electrons. The van der Waals surface area contributed by atoms with Crippen molar-refractivity contribution in [2.75, 3.05) is 11.4 Å². The Labute approximate surface area is 141 Å². The molecule has 0 aliphatic carbocycles. The van der Waals surface area contributed by atoms with E-state index in [0.717, 1.165) is 11.3 Å². The number of carbonyl (C=O) groups is 1. The summed E-state index contributed by atoms with van der Waals surface area (Å²) < 4.78 is 0. The van der Waals surface area contributed by atoms with Crippen molar-refractivity contribution in [3.8, 4) is 0 Å². The molecule has 1 saturated heterocycles. The lowest BCUT2D eigenvalue weighted by molar-refractivity contribution is -0.121. The number of nitrogens with zero attached hydrogens (tertiary/aromatic N) is 2. The number of rotatable bonds is 6. The number of aliphatic hydroxyl groups excluding tert-OH is 1. The second kappa shape index (κ2) is 7.75. The molecule has 0 aromatic heterocycles. The standard InChI is InChI=1S/C19H20N2O3/c22-18-13-21(16-9-5-2-6-10-16)19(23)17(18)11-12-20-24-14-15-7-3-1-4-8-15/h1-10,12,17-18,22H,11,13-14H2. The predicted octanol–water partition coefficient (Wildman–Crippen LogP) is 2.60. The third-order valence-corrected chi connectivity index (χ3v) is 4.07. The highest BCUT2D eigenvalue weighted by molar-refractivity contribution is 5.99. The average molecular weight is 324 g/mol. The molecule has 1 amide bonds. The van der Waals surface area contributed by atoms with Crippen molar-refractivity contribution in [2.24, 2.45) is 11.1 Å². The van der Waals surface area contributed by atoms with Gasteiger partial charge in [-0.25, -0.2) is 0 Å². The summed E-state index contributed by atoms with van der Waals surface area (Å²) in [5.74, 6) is -0.558. The van der Waals surface area contributed by atoms with Crippen LogP contribution in [0.2, 0.25) is 0 Å². The van der Waals surface area contributed by atoms with Crippen LogP contribution in [0.1, 0.15) is 12.0 Å². The van der Waals surface area contributed by atoms with E-state index in [1.54, 1.807) is 11.1 Å². The summed E-state index contributed by atoms with van der Waals surface area (Å²) >= 11 is 0. The fourth-order valence-corrected chi connectivity index (χ4v) is 2.76. The maximum absolute atomic E-state index is 12.5. The van der Waals surface area contributed by atoms with Gasteiger partial charge in [-0.3, -0.25) is 4.79 Å². The number of oxime groups is 1. The number of hydrogen-bond acceptors (Lipinski definition) is 4. The van der Waals surface area contributed by atoms with Crippen molar-refractivity contribution in [1.29, 1.82) is 0 Å². The van der Waals surface area contributed by atoms with Gasteiger partial charge in [-0.2, -0.15) is 0 Å². The lowest BCUT2D eigenvalue weighted by Crippen LogP contribution is -2.27. The van der Waals surface area contributed by atoms with Crippen LogP contribution in [0.4, 0.5) is 5.69 Å². The Bertz CT molecular complexity index is 688. The smallest absolute Gasteiger partial charge is 0.233 e. The van der Waals surface area contributed by atoms with Gasteiger partial charge in [-0.05, 0) is 17.7 Å². The minimum absolute atomic E-state index is 0.0804. The van der Waals surface area contributed by atoms with Crippen molar-refractivity contribution in [2.45, 2.75) is 19.1 Å². The van der Waals surface area contributed by atoms with Crippen LogP contribution >= 0.6 is 0 Å². The topological polar surface area (TPSA) is 62.1 Å². The second-order valence-electron chi connectivity index (χ2n) is 5.74. The molecule has 0 bridgehead atoms. The molecule has 1 fully saturated rings. The Morgan fingerprint density at radius 2 is 1.79 bits per heavy atom. The molecule has 0 radical (unpaired) electrons. The monoisotopic (exact) mass is 324 g/mol. The molecule has 1 N–H and O–H groups in total. The van der Waals surface area contributed by atoms with Crippen LogP contribution in [0.25, 0.3) is 0 Å². The molecule has 1 aliphatic heterocycles. The molecule has 2 unspecified atom stereocenters. The van der Waals surface area contributed by atoms with E-state index < -0.39 is 12.0 Å². The molecule has 0 spiro atoms. The van der Waals surface area contributed by atoms with Gasteiger partial charge in [0.05, 0.1) is 18.6 Å². The van der Waals surface area contributed by atoms with Crippen molar-refractivity contribution in [1.82, 2.24) is 0 Å². The fraction of sp³-hybridized carbons (Fsp3) is 0.263. The molecule has 1 aliphatic rings. The van der Waals surface area contributed by atoms with E-state index in [-0.39, 0.29) is 5.91 Å². The third kappa shape index (κ3) is 3.81. The molecule has 24 heavy (non-hydrogen) atoms. The summed E-state index contributed by atoms with van der Waals surface area (Å²) in [6, 6.07) is 19.1. The minimum atomic E-state index is -0.696. The van der Waals surface area contributed by atoms with E-state index in [1.807, 2.05) is 60.7 Å². The average Bonchev–Trinajstić information content (AvgIpc) is 2.91. The minimum Gasteiger partial charge on any atom is -0.391 e. The van der Waals surface area contributed by atoms with Crippen molar-refractivity contribution in [3.05, 3.63) is 66.2 Å². The molecule has 2 atom stereocenters. The van der Waals surface area contributed by atoms with Crippen LogP contribution in [0, 0.1) is 5.92 Å². The van der Waals surface area contributed by atoms with Gasteiger partial charge >= 0.3 is 0 Å². The van der Waals surface area contributed by atoms with E-state index in [2.05, 4.69) is 5.16 Å². The Kier molecular flexibility index (Phi) is 5.23. The van der Waals surface area contributed by atoms with E-state index in [4.69, 9.17) is 4.84 Å². The van der Waals surface area contributed by atoms with E-state index >= 15 is 0 Å². The number of benzene rings is 2. The maximum Gasteiger partial charge on any atom is 0.233 e. The predicted molar refractivity (Wildman–Crippen MR) is 92.6 cm³/mol. The van der Waals surface area contributed by atoms with Crippen molar-refractivity contribution >= 4 is 17.8 Å². The van der Waals surface area contributed by atoms with E-state index in [0.29, 0.717) is 19.6 Å². The lowest BCUT2D eigenvalue weighted by Gasteiger charge is -2.15. The highest BCUT2D eigenvalue weighted by Gasteiger charge is 2.39. The van der Waals surface area contributed by atoms with E-state index in [9.17, 15) is 9.90 Å². The largest absolute Gasteiger partial charge is 0.391 e. The summed E-state index contributed by atoms with van der Waals surface area (Å²) in [5, 5.41) is 14.1. The molecular weight excluding hydrogens is 304 g/mol. The zero-order valence-corrected chi connectivity index (χ0v) is 13.3. The third-order valence-electron chi connectivity index (χ3n) is 4.07. The molecular formula is C19H20N2O3. The first kappa shape index (κ1) is 16.2. The Balaban J connectivity index is 1.52. The molecule has 3 rings (SSSR count).